The van der Waals surface area contributed by atoms with E-state index in [-0.39, 0.29) is 17.5 Å². The highest BCUT2D eigenvalue weighted by atomic mass is 16.2. The quantitative estimate of drug-likeness (QED) is 0.764. The van der Waals surface area contributed by atoms with Gasteiger partial charge in [-0.25, -0.2) is 0 Å². The largest absolute Gasteiger partial charge is 0.364 e. The number of nitrogens with zero attached hydrogens (tertiary/aromatic N) is 2. The fourth-order valence-electron chi connectivity index (χ4n) is 2.06. The van der Waals surface area contributed by atoms with Crippen molar-refractivity contribution in [1.82, 2.24) is 9.78 Å². The number of carbonyl (C=O) groups excluding carboxylic acids is 2. The smallest absolute Gasteiger partial charge is 0.271 e. The zero-order valence-corrected chi connectivity index (χ0v) is 12.5. The van der Waals surface area contributed by atoms with E-state index < -0.39 is 5.91 Å². The molecular weight excluding hydrogens is 256 g/mol. The molecule has 0 aliphatic carbocycles. The minimum absolute atomic E-state index is 0.0411. The Labute approximate surface area is 119 Å². The summed E-state index contributed by atoms with van der Waals surface area (Å²) in [6.07, 6.45) is 5.35. The predicted molar refractivity (Wildman–Crippen MR) is 78.4 cm³/mol. The van der Waals surface area contributed by atoms with Crippen LogP contribution in [0.3, 0.4) is 0 Å². The Bertz CT molecular complexity index is 468. The van der Waals surface area contributed by atoms with Crippen molar-refractivity contribution in [2.45, 2.75) is 53.0 Å². The number of nitrogens with two attached hydrogens (primary N) is 1. The minimum Gasteiger partial charge on any atom is -0.364 e. The molecule has 1 unspecified atom stereocenters. The van der Waals surface area contributed by atoms with E-state index in [0.717, 1.165) is 25.7 Å². The molecule has 2 amide bonds. The van der Waals surface area contributed by atoms with E-state index in [1.807, 2.05) is 13.8 Å². The first kappa shape index (κ1) is 16.2. The lowest BCUT2D eigenvalue weighted by molar-refractivity contribution is -0.120. The van der Waals surface area contributed by atoms with Gasteiger partial charge in [0.05, 0.1) is 5.69 Å². The third kappa shape index (κ3) is 4.08. The van der Waals surface area contributed by atoms with Crippen LogP contribution in [0.4, 0.5) is 5.69 Å². The lowest BCUT2D eigenvalue weighted by atomic mass is 9.98. The zero-order valence-electron chi connectivity index (χ0n) is 12.5. The van der Waals surface area contributed by atoms with Crippen molar-refractivity contribution >= 4 is 17.5 Å². The molecule has 0 spiro atoms. The highest BCUT2D eigenvalue weighted by Crippen LogP contribution is 2.18. The van der Waals surface area contributed by atoms with Crippen LogP contribution in [0.5, 0.6) is 0 Å². The van der Waals surface area contributed by atoms with Gasteiger partial charge in [-0.3, -0.25) is 14.3 Å². The average molecular weight is 280 g/mol. The maximum Gasteiger partial charge on any atom is 0.271 e. The van der Waals surface area contributed by atoms with Gasteiger partial charge < -0.3 is 11.1 Å². The summed E-state index contributed by atoms with van der Waals surface area (Å²) >= 11 is 0. The Balaban J connectivity index is 2.83. The molecule has 1 rings (SSSR count). The predicted octanol–water partition coefficient (Wildman–Crippen LogP) is 2.16. The van der Waals surface area contributed by atoms with Gasteiger partial charge in [0.15, 0.2) is 5.69 Å². The van der Waals surface area contributed by atoms with Gasteiger partial charge >= 0.3 is 0 Å². The maximum absolute atomic E-state index is 12.2. The third-order valence-corrected chi connectivity index (χ3v) is 3.35. The summed E-state index contributed by atoms with van der Waals surface area (Å²) in [5, 5.41) is 6.84. The van der Waals surface area contributed by atoms with E-state index >= 15 is 0 Å². The Morgan fingerprint density at radius 3 is 2.60 bits per heavy atom. The van der Waals surface area contributed by atoms with Crippen LogP contribution >= 0.6 is 0 Å². The van der Waals surface area contributed by atoms with Gasteiger partial charge in [0.2, 0.25) is 5.91 Å². The summed E-state index contributed by atoms with van der Waals surface area (Å²) in [6.45, 7) is 6.61. The molecule has 0 saturated heterocycles. The molecule has 0 radical (unpaired) electrons. The van der Waals surface area contributed by atoms with Gasteiger partial charge in [-0.15, -0.1) is 0 Å². The molecule has 0 aliphatic rings. The number of nitrogens with one attached hydrogen (secondary N) is 1. The molecule has 112 valence electrons. The van der Waals surface area contributed by atoms with Gasteiger partial charge in [0.25, 0.3) is 5.91 Å². The van der Waals surface area contributed by atoms with Crippen LogP contribution in [0.15, 0.2) is 6.20 Å². The Morgan fingerprint density at radius 1 is 1.40 bits per heavy atom. The molecule has 3 N–H and O–H groups in total. The first-order valence-corrected chi connectivity index (χ1v) is 7.21. The van der Waals surface area contributed by atoms with Crippen molar-refractivity contribution in [2.24, 2.45) is 11.7 Å². The van der Waals surface area contributed by atoms with Crippen molar-refractivity contribution in [3.63, 3.8) is 0 Å². The second-order valence-electron chi connectivity index (χ2n) is 4.85. The molecular formula is C14H24N4O2. The third-order valence-electron chi connectivity index (χ3n) is 3.35. The van der Waals surface area contributed by atoms with Crippen molar-refractivity contribution in [3.05, 3.63) is 11.9 Å². The number of hydrogen-bond donors (Lipinski definition) is 2. The molecule has 20 heavy (non-hydrogen) atoms. The zero-order chi connectivity index (χ0) is 15.1. The number of amides is 2. The topological polar surface area (TPSA) is 90.0 Å². The van der Waals surface area contributed by atoms with E-state index in [9.17, 15) is 9.59 Å². The van der Waals surface area contributed by atoms with Crippen LogP contribution in [0.1, 0.15) is 56.9 Å². The highest BCUT2D eigenvalue weighted by Gasteiger charge is 2.20. The monoisotopic (exact) mass is 280 g/mol. The van der Waals surface area contributed by atoms with E-state index in [4.69, 9.17) is 5.73 Å². The van der Waals surface area contributed by atoms with E-state index in [1.54, 1.807) is 10.9 Å². The molecule has 0 saturated carbocycles. The lowest BCUT2D eigenvalue weighted by Gasteiger charge is -2.13. The normalized spacial score (nSPS) is 12.2. The van der Waals surface area contributed by atoms with Crippen LogP contribution in [0, 0.1) is 5.92 Å². The lowest BCUT2D eigenvalue weighted by Crippen LogP contribution is -2.24. The Hall–Kier alpha value is -1.85. The summed E-state index contributed by atoms with van der Waals surface area (Å²) in [4.78, 5) is 23.6. The van der Waals surface area contributed by atoms with Gasteiger partial charge in [-0.05, 0) is 19.8 Å². The summed E-state index contributed by atoms with van der Waals surface area (Å²) < 4.78 is 1.59. The van der Waals surface area contributed by atoms with Crippen LogP contribution in [0.25, 0.3) is 0 Å². The Morgan fingerprint density at radius 2 is 2.10 bits per heavy atom. The van der Waals surface area contributed by atoms with Crippen LogP contribution in [0.2, 0.25) is 0 Å². The number of aromatic nitrogens is 2. The van der Waals surface area contributed by atoms with Gasteiger partial charge in [0, 0.05) is 18.7 Å². The molecule has 1 atom stereocenters. The van der Waals surface area contributed by atoms with Crippen molar-refractivity contribution < 1.29 is 9.59 Å². The molecule has 1 aromatic rings. The minimum atomic E-state index is -0.630. The fourth-order valence-corrected chi connectivity index (χ4v) is 2.06. The number of anilines is 1. The fraction of sp³-hybridized carbons (Fsp3) is 0.643. The number of unbranched alkanes of at least 4 members (excludes halogenated alkanes) is 1. The maximum atomic E-state index is 12.2. The van der Waals surface area contributed by atoms with Gasteiger partial charge in [0.1, 0.15) is 0 Å². The molecule has 1 heterocycles. The molecule has 6 nitrogen and oxygen atoms in total. The van der Waals surface area contributed by atoms with Crippen LogP contribution < -0.4 is 11.1 Å². The summed E-state index contributed by atoms with van der Waals surface area (Å²) in [5.74, 6) is -0.742. The second kappa shape index (κ2) is 7.67. The molecule has 0 aromatic carbocycles. The summed E-state index contributed by atoms with van der Waals surface area (Å²) in [5.41, 5.74) is 5.80. The average Bonchev–Trinajstić information content (AvgIpc) is 2.83. The van der Waals surface area contributed by atoms with Crippen LogP contribution in [-0.2, 0) is 11.3 Å². The van der Waals surface area contributed by atoms with E-state index in [1.165, 1.54) is 0 Å². The van der Waals surface area contributed by atoms with Gasteiger partial charge in [-0.1, -0.05) is 26.7 Å². The number of carbonyl (C=O) groups is 2. The second-order valence-corrected chi connectivity index (χ2v) is 4.85. The number of primary amides is 1. The molecule has 6 heteroatoms. The van der Waals surface area contributed by atoms with Crippen molar-refractivity contribution in [2.75, 3.05) is 5.32 Å². The molecule has 0 aliphatic heterocycles. The first-order chi connectivity index (χ1) is 9.53. The van der Waals surface area contributed by atoms with Gasteiger partial charge in [-0.2, -0.15) is 5.10 Å². The van der Waals surface area contributed by atoms with Crippen molar-refractivity contribution in [1.29, 1.82) is 0 Å². The van der Waals surface area contributed by atoms with E-state index in [2.05, 4.69) is 17.3 Å². The highest BCUT2D eigenvalue weighted by molar-refractivity contribution is 6.01. The number of rotatable bonds is 8. The number of aryl methyl sites for hydroxylation is 1. The standard InChI is InChI=1S/C14H24N4O2/c1-4-7-8-10(5-2)14(20)16-11-9-18(6-3)17-12(11)13(15)19/h9-10H,4-8H2,1-3H3,(H2,15,19)(H,16,20). The van der Waals surface area contributed by atoms with Crippen molar-refractivity contribution in [3.8, 4) is 0 Å². The summed E-state index contributed by atoms with van der Waals surface area (Å²) in [7, 11) is 0. The molecule has 0 fully saturated rings. The SMILES string of the molecule is CCCCC(CC)C(=O)Nc1cn(CC)nc1C(N)=O. The molecule has 1 aromatic heterocycles. The Kier molecular flexibility index (Phi) is 6.21. The first-order valence-electron chi connectivity index (χ1n) is 7.21. The number of hydrogen-bond acceptors (Lipinski definition) is 3. The van der Waals surface area contributed by atoms with E-state index in [0.29, 0.717) is 12.2 Å². The molecule has 0 bridgehead atoms. The summed E-state index contributed by atoms with van der Waals surface area (Å²) in [6, 6.07) is 0. The van der Waals surface area contributed by atoms with Crippen LogP contribution in [-0.4, -0.2) is 21.6 Å².